The van der Waals surface area contributed by atoms with Crippen molar-refractivity contribution in [3.05, 3.63) is 35.4 Å². The van der Waals surface area contributed by atoms with Crippen molar-refractivity contribution in [1.29, 1.82) is 0 Å². The first-order valence-electron chi connectivity index (χ1n) is 4.76. The Labute approximate surface area is 88.3 Å². The van der Waals surface area contributed by atoms with Crippen LogP contribution in [0.3, 0.4) is 0 Å². The smallest absolute Gasteiger partial charge is 0.305 e. The van der Waals surface area contributed by atoms with E-state index < -0.39 is 18.1 Å². The zero-order chi connectivity index (χ0) is 11.4. The van der Waals surface area contributed by atoms with Gasteiger partial charge in [-0.3, -0.25) is 4.79 Å². The molecule has 0 amide bonds. The molecule has 0 heterocycles. The van der Waals surface area contributed by atoms with Crippen molar-refractivity contribution in [2.75, 3.05) is 0 Å². The van der Waals surface area contributed by atoms with Crippen LogP contribution >= 0.6 is 0 Å². The molecule has 1 aromatic rings. The average molecular weight is 209 g/mol. The summed E-state index contributed by atoms with van der Waals surface area (Å²) in [5.41, 5.74) is 7.18. The Morgan fingerprint density at radius 1 is 1.47 bits per heavy atom. The van der Waals surface area contributed by atoms with Gasteiger partial charge in [0.2, 0.25) is 0 Å². The first-order valence-corrected chi connectivity index (χ1v) is 4.76. The third-order valence-electron chi connectivity index (χ3n) is 2.22. The van der Waals surface area contributed by atoms with Crippen molar-refractivity contribution >= 4 is 5.97 Å². The number of aliphatic hydroxyl groups is 1. The number of carboxylic acids is 1. The fraction of sp³-hybridized carbons (Fsp3) is 0.364. The van der Waals surface area contributed by atoms with Crippen molar-refractivity contribution in [3.63, 3.8) is 0 Å². The molecule has 0 saturated heterocycles. The number of carboxylic acid groups (broad SMARTS) is 1. The third kappa shape index (κ3) is 3.34. The summed E-state index contributed by atoms with van der Waals surface area (Å²) in [7, 11) is 0. The van der Waals surface area contributed by atoms with Crippen LogP contribution in [0.2, 0.25) is 0 Å². The van der Waals surface area contributed by atoms with Crippen LogP contribution in [-0.2, 0) is 4.79 Å². The second-order valence-electron chi connectivity index (χ2n) is 3.55. The summed E-state index contributed by atoms with van der Waals surface area (Å²) < 4.78 is 0. The van der Waals surface area contributed by atoms with Gasteiger partial charge in [0.25, 0.3) is 0 Å². The second-order valence-corrected chi connectivity index (χ2v) is 3.55. The van der Waals surface area contributed by atoms with Gasteiger partial charge in [-0.15, -0.1) is 0 Å². The molecule has 2 atom stereocenters. The zero-order valence-electron chi connectivity index (χ0n) is 8.55. The lowest BCUT2D eigenvalue weighted by molar-refractivity contribution is -0.137. The zero-order valence-corrected chi connectivity index (χ0v) is 8.55. The van der Waals surface area contributed by atoms with E-state index in [4.69, 9.17) is 10.8 Å². The fourth-order valence-electron chi connectivity index (χ4n) is 1.36. The molecule has 0 fully saturated rings. The van der Waals surface area contributed by atoms with Gasteiger partial charge in [0, 0.05) is 6.04 Å². The quantitative estimate of drug-likeness (QED) is 0.696. The number of aliphatic hydroxyl groups excluding tert-OH is 1. The van der Waals surface area contributed by atoms with Gasteiger partial charge in [-0.2, -0.15) is 0 Å². The molecule has 1 aromatic carbocycles. The topological polar surface area (TPSA) is 83.5 Å². The lowest BCUT2D eigenvalue weighted by Crippen LogP contribution is -2.15. The van der Waals surface area contributed by atoms with Crippen molar-refractivity contribution < 1.29 is 15.0 Å². The van der Waals surface area contributed by atoms with E-state index in [2.05, 4.69) is 0 Å². The first kappa shape index (κ1) is 11.7. The van der Waals surface area contributed by atoms with Crippen LogP contribution in [0.15, 0.2) is 24.3 Å². The Kier molecular flexibility index (Phi) is 3.82. The molecule has 4 N–H and O–H groups in total. The molecule has 4 heteroatoms. The number of aliphatic carboxylic acids is 1. The Morgan fingerprint density at radius 3 is 2.60 bits per heavy atom. The molecule has 0 aliphatic heterocycles. The molecule has 0 aromatic heterocycles. The Morgan fingerprint density at radius 2 is 2.07 bits per heavy atom. The predicted octanol–water partition coefficient (Wildman–Crippen LogP) is 1.21. The van der Waals surface area contributed by atoms with E-state index in [1.165, 1.54) is 0 Å². The lowest BCUT2D eigenvalue weighted by atomic mass is 10.0. The second kappa shape index (κ2) is 4.91. The molecule has 1 rings (SSSR count). The van der Waals surface area contributed by atoms with E-state index >= 15 is 0 Å². The van der Waals surface area contributed by atoms with E-state index in [-0.39, 0.29) is 6.42 Å². The molecule has 0 radical (unpaired) electrons. The molecule has 2 unspecified atom stereocenters. The van der Waals surface area contributed by atoms with Gasteiger partial charge in [0.15, 0.2) is 0 Å². The van der Waals surface area contributed by atoms with Gasteiger partial charge in [0.1, 0.15) is 0 Å². The number of hydrogen-bond acceptors (Lipinski definition) is 3. The van der Waals surface area contributed by atoms with Gasteiger partial charge < -0.3 is 15.9 Å². The van der Waals surface area contributed by atoms with Gasteiger partial charge >= 0.3 is 5.97 Å². The summed E-state index contributed by atoms with van der Waals surface area (Å²) in [6, 6.07) is 6.51. The monoisotopic (exact) mass is 209 g/mol. The van der Waals surface area contributed by atoms with Crippen LogP contribution in [0.4, 0.5) is 0 Å². The van der Waals surface area contributed by atoms with Crippen LogP contribution in [0.25, 0.3) is 0 Å². The van der Waals surface area contributed by atoms with Crippen LogP contribution in [-0.4, -0.2) is 16.2 Å². The largest absolute Gasteiger partial charge is 0.481 e. The maximum absolute atomic E-state index is 10.5. The average Bonchev–Trinajstić information content (AvgIpc) is 2.17. The van der Waals surface area contributed by atoms with E-state index in [0.717, 1.165) is 11.1 Å². The van der Waals surface area contributed by atoms with Crippen LogP contribution in [0.1, 0.15) is 36.6 Å². The minimum absolute atomic E-state index is 0.108. The molecule has 0 aliphatic rings. The fourth-order valence-corrected chi connectivity index (χ4v) is 1.36. The van der Waals surface area contributed by atoms with E-state index in [0.29, 0.717) is 0 Å². The van der Waals surface area contributed by atoms with Crippen molar-refractivity contribution in [1.82, 2.24) is 0 Å². The Bertz CT molecular complexity index is 349. The van der Waals surface area contributed by atoms with Crippen molar-refractivity contribution in [2.45, 2.75) is 25.5 Å². The summed E-state index contributed by atoms with van der Waals surface area (Å²) in [4.78, 5) is 10.5. The summed E-state index contributed by atoms with van der Waals surface area (Å²) in [5, 5.41) is 17.9. The summed E-state index contributed by atoms with van der Waals surface area (Å²) in [6.45, 7) is 1.65. The molecule has 0 saturated carbocycles. The van der Waals surface area contributed by atoms with E-state index in [1.54, 1.807) is 31.2 Å². The van der Waals surface area contributed by atoms with E-state index in [1.807, 2.05) is 0 Å². The summed E-state index contributed by atoms with van der Waals surface area (Å²) in [5.74, 6) is -0.926. The third-order valence-corrected chi connectivity index (χ3v) is 2.22. The predicted molar refractivity (Wildman–Crippen MR) is 56.3 cm³/mol. The maximum Gasteiger partial charge on any atom is 0.305 e. The number of hydrogen-bond donors (Lipinski definition) is 3. The highest BCUT2D eigenvalue weighted by Gasteiger charge is 2.11. The lowest BCUT2D eigenvalue weighted by Gasteiger charge is -2.12. The number of benzene rings is 1. The molecule has 0 bridgehead atoms. The van der Waals surface area contributed by atoms with E-state index in [9.17, 15) is 9.90 Å². The van der Waals surface area contributed by atoms with Crippen molar-refractivity contribution in [2.24, 2.45) is 5.73 Å². The number of rotatable bonds is 4. The molecule has 4 nitrogen and oxygen atoms in total. The van der Waals surface area contributed by atoms with Crippen LogP contribution < -0.4 is 5.73 Å². The molecule has 82 valence electrons. The van der Waals surface area contributed by atoms with Crippen molar-refractivity contribution in [3.8, 4) is 0 Å². The highest BCUT2D eigenvalue weighted by Crippen LogP contribution is 2.19. The summed E-state index contributed by atoms with van der Waals surface area (Å²) >= 11 is 0. The van der Waals surface area contributed by atoms with Crippen LogP contribution in [0.5, 0.6) is 0 Å². The van der Waals surface area contributed by atoms with Crippen LogP contribution in [0, 0.1) is 0 Å². The van der Waals surface area contributed by atoms with Gasteiger partial charge in [0.05, 0.1) is 12.5 Å². The maximum atomic E-state index is 10.5. The molecular formula is C11H15NO3. The van der Waals surface area contributed by atoms with Gasteiger partial charge in [-0.1, -0.05) is 24.3 Å². The highest BCUT2D eigenvalue weighted by atomic mass is 16.4. The first-order chi connectivity index (χ1) is 7.00. The minimum Gasteiger partial charge on any atom is -0.481 e. The summed E-state index contributed by atoms with van der Waals surface area (Å²) in [6.07, 6.45) is -0.675. The standard InChI is InChI=1S/C11H15NO3/c1-7(13)8-3-2-4-9(5-8)10(12)6-11(14)15/h2-5,7,10,13H,6,12H2,1H3,(H,14,15). The minimum atomic E-state index is -0.926. The molecule has 0 aliphatic carbocycles. The number of carbonyl (C=O) groups is 1. The molecular weight excluding hydrogens is 194 g/mol. The molecule has 0 spiro atoms. The Balaban J connectivity index is 2.85. The number of nitrogens with two attached hydrogens (primary N) is 1. The van der Waals surface area contributed by atoms with Gasteiger partial charge in [-0.05, 0) is 18.1 Å². The highest BCUT2D eigenvalue weighted by molar-refractivity contribution is 5.67. The normalized spacial score (nSPS) is 14.6. The Hall–Kier alpha value is -1.39. The molecule has 15 heavy (non-hydrogen) atoms. The SMILES string of the molecule is CC(O)c1cccc(C(N)CC(=O)O)c1. The van der Waals surface area contributed by atoms with Gasteiger partial charge in [-0.25, -0.2) is 0 Å².